The minimum absolute atomic E-state index is 0.341. The zero-order valence-electron chi connectivity index (χ0n) is 16.2. The molecule has 0 amide bonds. The fourth-order valence-electron chi connectivity index (χ4n) is 3.30. The van der Waals surface area contributed by atoms with Crippen LogP contribution >= 0.6 is 11.3 Å². The fraction of sp³-hybridized carbons (Fsp3) is 0.0909. The number of benzene rings is 2. The van der Waals surface area contributed by atoms with Crippen LogP contribution in [-0.2, 0) is 4.74 Å². The van der Waals surface area contributed by atoms with Crippen LogP contribution in [0.1, 0.15) is 16.1 Å². The molecule has 0 aliphatic rings. The molecular weight excluding hydrogens is 400 g/mol. The van der Waals surface area contributed by atoms with Gasteiger partial charge >= 0.3 is 5.97 Å². The Morgan fingerprint density at radius 3 is 2.53 bits per heavy atom. The number of rotatable bonds is 4. The summed E-state index contributed by atoms with van der Waals surface area (Å²) in [5.41, 5.74) is 3.28. The van der Waals surface area contributed by atoms with Crippen molar-refractivity contribution in [2.45, 2.75) is 6.92 Å². The van der Waals surface area contributed by atoms with E-state index in [2.05, 4.69) is 15.3 Å². The number of nitrogens with zero attached hydrogens (tertiary/aromatic N) is 3. The first-order chi connectivity index (χ1) is 14.6. The summed E-state index contributed by atoms with van der Waals surface area (Å²) in [7, 11) is 1.35. The standard InChI is InChI=1S/C22H16N4O3S/c1-12-18(22(27)28-2)19(21-25-15-9-5-6-10-16(15)30-21)20(29-12)26-17-11-23-13-7-3-4-8-14(13)24-17/h3-11H,1-2H3,(H,24,26). The number of methoxy groups -OCH3 is 1. The molecule has 7 nitrogen and oxygen atoms in total. The highest BCUT2D eigenvalue weighted by Crippen LogP contribution is 2.41. The number of hydrogen-bond donors (Lipinski definition) is 1. The van der Waals surface area contributed by atoms with Crippen LogP contribution in [0.15, 0.2) is 59.1 Å². The van der Waals surface area contributed by atoms with Crippen molar-refractivity contribution in [2.24, 2.45) is 0 Å². The predicted molar refractivity (Wildman–Crippen MR) is 116 cm³/mol. The van der Waals surface area contributed by atoms with Crippen molar-refractivity contribution < 1.29 is 13.9 Å². The number of para-hydroxylation sites is 3. The molecule has 0 unspecified atom stereocenters. The minimum atomic E-state index is -0.483. The molecule has 0 aliphatic heterocycles. The Morgan fingerprint density at radius 2 is 1.77 bits per heavy atom. The maximum Gasteiger partial charge on any atom is 0.342 e. The summed E-state index contributed by atoms with van der Waals surface area (Å²) in [5.74, 6) is 0.827. The zero-order chi connectivity index (χ0) is 20.7. The van der Waals surface area contributed by atoms with E-state index in [0.29, 0.717) is 33.6 Å². The van der Waals surface area contributed by atoms with Crippen molar-refractivity contribution in [1.29, 1.82) is 0 Å². The van der Waals surface area contributed by atoms with Crippen LogP contribution in [0.4, 0.5) is 11.7 Å². The van der Waals surface area contributed by atoms with Crippen LogP contribution in [0.2, 0.25) is 0 Å². The Balaban J connectivity index is 1.66. The lowest BCUT2D eigenvalue weighted by Gasteiger charge is -2.06. The number of esters is 1. The highest BCUT2D eigenvalue weighted by Gasteiger charge is 2.28. The topological polar surface area (TPSA) is 90.1 Å². The molecule has 0 radical (unpaired) electrons. The number of furan rings is 1. The number of fused-ring (bicyclic) bond motifs is 2. The number of anilines is 2. The summed E-state index contributed by atoms with van der Waals surface area (Å²) >= 11 is 1.48. The molecule has 5 aromatic rings. The summed E-state index contributed by atoms with van der Waals surface area (Å²) in [6.45, 7) is 1.72. The number of aromatic nitrogens is 3. The number of nitrogens with one attached hydrogen (secondary N) is 1. The molecule has 0 atom stereocenters. The lowest BCUT2D eigenvalue weighted by molar-refractivity contribution is 0.0599. The Morgan fingerprint density at radius 1 is 1.03 bits per heavy atom. The Kier molecular flexibility index (Phi) is 4.40. The predicted octanol–water partition coefficient (Wildman–Crippen LogP) is 5.34. The molecule has 148 valence electrons. The summed E-state index contributed by atoms with van der Waals surface area (Å²) in [4.78, 5) is 26.2. The third-order valence-electron chi connectivity index (χ3n) is 4.67. The van der Waals surface area contributed by atoms with Gasteiger partial charge in [-0.15, -0.1) is 11.3 Å². The molecule has 0 fully saturated rings. The quantitative estimate of drug-likeness (QED) is 0.396. The molecule has 0 saturated carbocycles. The summed E-state index contributed by atoms with van der Waals surface area (Å²) in [6, 6.07) is 15.4. The lowest BCUT2D eigenvalue weighted by atomic mass is 10.1. The van der Waals surface area contributed by atoms with Crippen molar-refractivity contribution in [3.8, 4) is 10.6 Å². The van der Waals surface area contributed by atoms with Gasteiger partial charge in [-0.2, -0.15) is 0 Å². The second-order valence-electron chi connectivity index (χ2n) is 6.58. The van der Waals surface area contributed by atoms with Gasteiger partial charge in [0.05, 0.1) is 40.1 Å². The van der Waals surface area contributed by atoms with Gasteiger partial charge in [-0.05, 0) is 31.2 Å². The molecule has 0 spiro atoms. The second-order valence-corrected chi connectivity index (χ2v) is 7.62. The molecule has 0 saturated heterocycles. The van der Waals surface area contributed by atoms with Crippen LogP contribution in [0.5, 0.6) is 0 Å². The first kappa shape index (κ1) is 18.3. The molecule has 1 N–H and O–H groups in total. The van der Waals surface area contributed by atoms with Gasteiger partial charge in [-0.25, -0.2) is 14.8 Å². The molecule has 2 aromatic carbocycles. The van der Waals surface area contributed by atoms with E-state index in [1.54, 1.807) is 13.1 Å². The first-order valence-corrected chi connectivity index (χ1v) is 10.0. The number of carbonyl (C=O) groups is 1. The van der Waals surface area contributed by atoms with Gasteiger partial charge in [-0.1, -0.05) is 24.3 Å². The van der Waals surface area contributed by atoms with E-state index in [0.717, 1.165) is 21.3 Å². The number of aryl methyl sites for hydroxylation is 1. The van der Waals surface area contributed by atoms with Gasteiger partial charge in [0.25, 0.3) is 0 Å². The number of hydrogen-bond acceptors (Lipinski definition) is 8. The fourth-order valence-corrected chi connectivity index (χ4v) is 4.31. The van der Waals surface area contributed by atoms with E-state index in [1.807, 2.05) is 48.5 Å². The molecule has 8 heteroatoms. The third kappa shape index (κ3) is 3.07. The minimum Gasteiger partial charge on any atom is -0.465 e. The zero-order valence-corrected chi connectivity index (χ0v) is 17.0. The van der Waals surface area contributed by atoms with E-state index < -0.39 is 5.97 Å². The molecule has 30 heavy (non-hydrogen) atoms. The first-order valence-electron chi connectivity index (χ1n) is 9.20. The normalized spacial score (nSPS) is 11.1. The molecule has 0 aliphatic carbocycles. The SMILES string of the molecule is COC(=O)c1c(C)oc(Nc2cnc3ccccc3n2)c1-c1nc2ccccc2s1. The molecular formula is C22H16N4O3S. The number of thiazole rings is 1. The second kappa shape index (κ2) is 7.23. The summed E-state index contributed by atoms with van der Waals surface area (Å²) < 4.78 is 11.9. The van der Waals surface area contributed by atoms with Gasteiger partial charge in [0.2, 0.25) is 5.88 Å². The highest BCUT2D eigenvalue weighted by atomic mass is 32.1. The van der Waals surface area contributed by atoms with E-state index in [9.17, 15) is 4.79 Å². The number of ether oxygens (including phenoxy) is 1. The van der Waals surface area contributed by atoms with Crippen LogP contribution in [-0.4, -0.2) is 28.0 Å². The van der Waals surface area contributed by atoms with Gasteiger partial charge in [0.1, 0.15) is 16.3 Å². The van der Waals surface area contributed by atoms with Crippen LogP contribution in [0.3, 0.4) is 0 Å². The number of carbonyl (C=O) groups excluding carboxylic acids is 1. The summed E-state index contributed by atoms with van der Waals surface area (Å²) in [5, 5.41) is 3.82. The van der Waals surface area contributed by atoms with E-state index >= 15 is 0 Å². The highest BCUT2D eigenvalue weighted by molar-refractivity contribution is 7.21. The summed E-state index contributed by atoms with van der Waals surface area (Å²) in [6.07, 6.45) is 1.63. The van der Waals surface area contributed by atoms with Crippen molar-refractivity contribution >= 4 is 50.3 Å². The van der Waals surface area contributed by atoms with Gasteiger partial charge in [-0.3, -0.25) is 4.98 Å². The smallest absolute Gasteiger partial charge is 0.342 e. The Hall–Kier alpha value is -3.78. The maximum absolute atomic E-state index is 12.5. The molecule has 3 aromatic heterocycles. The van der Waals surface area contributed by atoms with Crippen molar-refractivity contribution in [3.05, 3.63) is 66.1 Å². The van der Waals surface area contributed by atoms with E-state index in [1.165, 1.54) is 18.4 Å². The average Bonchev–Trinajstić information content (AvgIpc) is 3.33. The van der Waals surface area contributed by atoms with Gasteiger partial charge < -0.3 is 14.5 Å². The average molecular weight is 416 g/mol. The lowest BCUT2D eigenvalue weighted by Crippen LogP contribution is -2.04. The monoisotopic (exact) mass is 416 g/mol. The van der Waals surface area contributed by atoms with Crippen molar-refractivity contribution in [1.82, 2.24) is 15.0 Å². The van der Waals surface area contributed by atoms with Gasteiger partial charge in [0, 0.05) is 0 Å². The molecule has 5 rings (SSSR count). The largest absolute Gasteiger partial charge is 0.465 e. The van der Waals surface area contributed by atoms with Crippen molar-refractivity contribution in [2.75, 3.05) is 12.4 Å². The van der Waals surface area contributed by atoms with Crippen LogP contribution in [0, 0.1) is 6.92 Å². The van der Waals surface area contributed by atoms with Crippen molar-refractivity contribution in [3.63, 3.8) is 0 Å². The Bertz CT molecular complexity index is 1370. The molecule has 3 heterocycles. The van der Waals surface area contributed by atoms with E-state index in [4.69, 9.17) is 14.1 Å². The van der Waals surface area contributed by atoms with Crippen LogP contribution in [0.25, 0.3) is 31.8 Å². The third-order valence-corrected chi connectivity index (χ3v) is 5.73. The maximum atomic E-state index is 12.5. The van der Waals surface area contributed by atoms with E-state index in [-0.39, 0.29) is 0 Å². The molecule has 0 bridgehead atoms. The van der Waals surface area contributed by atoms with Gasteiger partial charge in [0.15, 0.2) is 5.82 Å². The van der Waals surface area contributed by atoms with Crippen LogP contribution < -0.4 is 5.32 Å². The Labute approximate surface area is 175 Å².